The molecule has 0 unspecified atom stereocenters. The molecule has 1 aromatic carbocycles. The lowest BCUT2D eigenvalue weighted by molar-refractivity contribution is 0.499. The highest BCUT2D eigenvalue weighted by atomic mass is 19.1. The van der Waals surface area contributed by atoms with Gasteiger partial charge in [-0.2, -0.15) is 0 Å². The summed E-state index contributed by atoms with van der Waals surface area (Å²) in [5.74, 6) is 0.288. The van der Waals surface area contributed by atoms with Crippen molar-refractivity contribution in [3.63, 3.8) is 0 Å². The topological polar surface area (TPSA) is 38.1 Å². The molecule has 1 aromatic heterocycles. The van der Waals surface area contributed by atoms with Gasteiger partial charge in [0.25, 0.3) is 0 Å². The van der Waals surface area contributed by atoms with E-state index in [4.69, 9.17) is 4.42 Å². The van der Waals surface area contributed by atoms with Crippen molar-refractivity contribution in [2.45, 2.75) is 13.5 Å². The maximum atomic E-state index is 12.8. The van der Waals surface area contributed by atoms with E-state index in [2.05, 4.69) is 10.3 Å². The minimum Gasteiger partial charge on any atom is -0.439 e. The average molecular weight is 194 g/mol. The van der Waals surface area contributed by atoms with Gasteiger partial charge in [-0.3, -0.25) is 0 Å². The van der Waals surface area contributed by atoms with Crippen LogP contribution in [0, 0.1) is 5.82 Å². The SMILES string of the molecule is CCNCc1nc2ccc(F)cc2o1. The van der Waals surface area contributed by atoms with Crippen LogP contribution in [-0.4, -0.2) is 11.5 Å². The monoisotopic (exact) mass is 194 g/mol. The predicted molar refractivity (Wildman–Crippen MR) is 51.3 cm³/mol. The van der Waals surface area contributed by atoms with Crippen LogP contribution in [0.4, 0.5) is 4.39 Å². The Morgan fingerprint density at radius 3 is 3.14 bits per heavy atom. The fourth-order valence-electron chi connectivity index (χ4n) is 1.25. The number of hydrogen-bond acceptors (Lipinski definition) is 3. The van der Waals surface area contributed by atoms with E-state index in [0.29, 0.717) is 23.5 Å². The first-order valence-electron chi connectivity index (χ1n) is 4.55. The number of halogens is 1. The maximum Gasteiger partial charge on any atom is 0.209 e. The summed E-state index contributed by atoms with van der Waals surface area (Å²) in [5, 5.41) is 3.09. The van der Waals surface area contributed by atoms with Gasteiger partial charge in [-0.25, -0.2) is 9.37 Å². The molecule has 2 rings (SSSR count). The number of oxazole rings is 1. The quantitative estimate of drug-likeness (QED) is 0.812. The molecule has 0 amide bonds. The number of aromatic nitrogens is 1. The lowest BCUT2D eigenvalue weighted by atomic mass is 10.3. The summed E-state index contributed by atoms with van der Waals surface area (Å²) in [6.07, 6.45) is 0. The highest BCUT2D eigenvalue weighted by Gasteiger charge is 2.05. The number of nitrogens with zero attached hydrogens (tertiary/aromatic N) is 1. The molecule has 74 valence electrons. The summed E-state index contributed by atoms with van der Waals surface area (Å²) in [6, 6.07) is 4.34. The third-order valence-electron chi connectivity index (χ3n) is 1.92. The fourth-order valence-corrected chi connectivity index (χ4v) is 1.25. The molecule has 0 radical (unpaired) electrons. The molecule has 0 aliphatic heterocycles. The number of nitrogens with one attached hydrogen (secondary N) is 1. The van der Waals surface area contributed by atoms with Crippen molar-refractivity contribution in [3.8, 4) is 0 Å². The van der Waals surface area contributed by atoms with E-state index in [1.165, 1.54) is 12.1 Å². The van der Waals surface area contributed by atoms with Gasteiger partial charge >= 0.3 is 0 Å². The van der Waals surface area contributed by atoms with Gasteiger partial charge in [0.1, 0.15) is 11.3 Å². The minimum absolute atomic E-state index is 0.302. The Morgan fingerprint density at radius 2 is 2.36 bits per heavy atom. The van der Waals surface area contributed by atoms with Crippen molar-refractivity contribution in [1.29, 1.82) is 0 Å². The summed E-state index contributed by atoms with van der Waals surface area (Å²) in [7, 11) is 0. The molecule has 2 aromatic rings. The van der Waals surface area contributed by atoms with Gasteiger partial charge in [-0.05, 0) is 18.7 Å². The first-order valence-corrected chi connectivity index (χ1v) is 4.55. The van der Waals surface area contributed by atoms with E-state index in [-0.39, 0.29) is 5.82 Å². The lowest BCUT2D eigenvalue weighted by Gasteiger charge is -1.93. The summed E-state index contributed by atoms with van der Waals surface area (Å²) in [4.78, 5) is 4.20. The molecule has 0 fully saturated rings. The van der Waals surface area contributed by atoms with Gasteiger partial charge in [-0.15, -0.1) is 0 Å². The average Bonchev–Trinajstić information content (AvgIpc) is 2.56. The van der Waals surface area contributed by atoms with Crippen LogP contribution in [0.3, 0.4) is 0 Å². The lowest BCUT2D eigenvalue weighted by Crippen LogP contribution is -2.11. The molecular formula is C10H11FN2O. The Labute approximate surface area is 80.9 Å². The van der Waals surface area contributed by atoms with Crippen LogP contribution >= 0.6 is 0 Å². The largest absolute Gasteiger partial charge is 0.439 e. The van der Waals surface area contributed by atoms with Crippen molar-refractivity contribution in [1.82, 2.24) is 10.3 Å². The van der Waals surface area contributed by atoms with E-state index in [1.807, 2.05) is 6.92 Å². The molecular weight excluding hydrogens is 183 g/mol. The summed E-state index contributed by atoms with van der Waals surface area (Å²) in [6.45, 7) is 3.43. The first kappa shape index (κ1) is 9.15. The Bertz CT molecular complexity index is 439. The normalized spacial score (nSPS) is 11.0. The second-order valence-corrected chi connectivity index (χ2v) is 3.00. The Hall–Kier alpha value is -1.42. The third-order valence-corrected chi connectivity index (χ3v) is 1.92. The molecule has 0 saturated heterocycles. The molecule has 0 atom stereocenters. The van der Waals surface area contributed by atoms with Crippen molar-refractivity contribution < 1.29 is 8.81 Å². The molecule has 0 bridgehead atoms. The maximum absolute atomic E-state index is 12.8. The first-order chi connectivity index (χ1) is 6.79. The summed E-state index contributed by atoms with van der Waals surface area (Å²) < 4.78 is 18.1. The predicted octanol–water partition coefficient (Wildman–Crippen LogP) is 2.08. The molecule has 3 nitrogen and oxygen atoms in total. The second kappa shape index (κ2) is 3.75. The van der Waals surface area contributed by atoms with Crippen LogP contribution in [0.15, 0.2) is 22.6 Å². The molecule has 0 aliphatic rings. The molecule has 0 saturated carbocycles. The second-order valence-electron chi connectivity index (χ2n) is 3.00. The molecule has 0 spiro atoms. The third kappa shape index (κ3) is 1.75. The molecule has 1 N–H and O–H groups in total. The Morgan fingerprint density at radius 1 is 1.50 bits per heavy atom. The smallest absolute Gasteiger partial charge is 0.209 e. The van der Waals surface area contributed by atoms with E-state index in [1.54, 1.807) is 6.07 Å². The summed E-state index contributed by atoms with van der Waals surface area (Å²) >= 11 is 0. The molecule has 4 heteroatoms. The van der Waals surface area contributed by atoms with Gasteiger partial charge in [0.15, 0.2) is 5.58 Å². The summed E-state index contributed by atoms with van der Waals surface area (Å²) in [5.41, 5.74) is 1.19. The molecule has 14 heavy (non-hydrogen) atoms. The van der Waals surface area contributed by atoms with Crippen LogP contribution < -0.4 is 5.32 Å². The van der Waals surface area contributed by atoms with Gasteiger partial charge in [0.05, 0.1) is 6.54 Å². The standard InChI is InChI=1S/C10H11FN2O/c1-2-12-6-10-13-8-4-3-7(11)5-9(8)14-10/h3-5,12H,2,6H2,1H3. The van der Waals surface area contributed by atoms with Crippen molar-refractivity contribution in [3.05, 3.63) is 29.9 Å². The zero-order valence-corrected chi connectivity index (χ0v) is 7.88. The van der Waals surface area contributed by atoms with E-state index >= 15 is 0 Å². The van der Waals surface area contributed by atoms with Crippen LogP contribution in [-0.2, 0) is 6.54 Å². The van der Waals surface area contributed by atoms with Crippen molar-refractivity contribution in [2.75, 3.05) is 6.54 Å². The number of hydrogen-bond donors (Lipinski definition) is 1. The van der Waals surface area contributed by atoms with Crippen LogP contribution in [0.1, 0.15) is 12.8 Å². The highest BCUT2D eigenvalue weighted by molar-refractivity contribution is 5.72. The fraction of sp³-hybridized carbons (Fsp3) is 0.300. The Balaban J connectivity index is 2.32. The van der Waals surface area contributed by atoms with Crippen LogP contribution in [0.2, 0.25) is 0 Å². The van der Waals surface area contributed by atoms with Gasteiger partial charge in [0.2, 0.25) is 5.89 Å². The van der Waals surface area contributed by atoms with Crippen LogP contribution in [0.25, 0.3) is 11.1 Å². The van der Waals surface area contributed by atoms with Crippen LogP contribution in [0.5, 0.6) is 0 Å². The highest BCUT2D eigenvalue weighted by Crippen LogP contribution is 2.16. The van der Waals surface area contributed by atoms with Crippen molar-refractivity contribution in [2.24, 2.45) is 0 Å². The molecule has 1 heterocycles. The van der Waals surface area contributed by atoms with Gasteiger partial charge in [0, 0.05) is 6.07 Å². The zero-order valence-electron chi connectivity index (χ0n) is 7.88. The Kier molecular flexibility index (Phi) is 2.45. The number of fused-ring (bicyclic) bond motifs is 1. The van der Waals surface area contributed by atoms with E-state index < -0.39 is 0 Å². The van der Waals surface area contributed by atoms with Gasteiger partial charge in [-0.1, -0.05) is 6.92 Å². The zero-order chi connectivity index (χ0) is 9.97. The van der Waals surface area contributed by atoms with E-state index in [9.17, 15) is 4.39 Å². The molecule has 0 aliphatic carbocycles. The van der Waals surface area contributed by atoms with Gasteiger partial charge < -0.3 is 9.73 Å². The van der Waals surface area contributed by atoms with Crippen molar-refractivity contribution >= 4 is 11.1 Å². The number of rotatable bonds is 3. The van der Waals surface area contributed by atoms with E-state index in [0.717, 1.165) is 6.54 Å². The number of benzene rings is 1. The minimum atomic E-state index is -0.302.